The lowest BCUT2D eigenvalue weighted by Gasteiger charge is -2.38. The average Bonchev–Trinajstić information content (AvgIpc) is 2.96. The molecule has 2 fully saturated rings. The molecule has 0 amide bonds. The second-order valence-corrected chi connectivity index (χ2v) is 7.78. The van der Waals surface area contributed by atoms with Gasteiger partial charge in [-0.2, -0.15) is 0 Å². The first kappa shape index (κ1) is 15.9. The number of Topliss-reactive ketones (excluding diaryl/α,β-unsaturated/α-hetero) is 1. The number of carbonyl (C=O) groups is 1. The van der Waals surface area contributed by atoms with Gasteiger partial charge in [0.15, 0.2) is 5.76 Å². The molecule has 0 aliphatic heterocycles. The van der Waals surface area contributed by atoms with Crippen molar-refractivity contribution in [1.29, 1.82) is 0 Å². The highest BCUT2D eigenvalue weighted by molar-refractivity contribution is 6.04. The van der Waals surface area contributed by atoms with Gasteiger partial charge in [-0.1, -0.05) is 13.3 Å². The van der Waals surface area contributed by atoms with Gasteiger partial charge in [-0.25, -0.2) is 0 Å². The molecule has 0 bridgehead atoms. The van der Waals surface area contributed by atoms with E-state index < -0.39 is 11.0 Å². The number of aliphatic hydroxyl groups is 1. The van der Waals surface area contributed by atoms with Crippen molar-refractivity contribution in [2.75, 3.05) is 0 Å². The Morgan fingerprint density at radius 1 is 1.18 bits per heavy atom. The Hall–Kier alpha value is -1.03. The van der Waals surface area contributed by atoms with Gasteiger partial charge >= 0.3 is 0 Å². The third-order valence-corrected chi connectivity index (χ3v) is 5.72. The molecule has 3 aliphatic rings. The minimum absolute atomic E-state index is 0.0174. The van der Waals surface area contributed by atoms with E-state index in [-0.39, 0.29) is 35.6 Å². The number of carbonyl (C=O) groups excluding carboxylic acids is 1. The van der Waals surface area contributed by atoms with Crippen molar-refractivity contribution in [2.24, 2.45) is 17.3 Å². The molecule has 0 aromatic carbocycles. The Morgan fingerprint density at radius 3 is 2.41 bits per heavy atom. The molecule has 3 aliphatic carbocycles. The van der Waals surface area contributed by atoms with Gasteiger partial charge in [-0.05, 0) is 58.8 Å². The second kappa shape index (κ2) is 4.98. The summed E-state index contributed by atoms with van der Waals surface area (Å²) in [5.41, 5.74) is -1.90. The molecule has 1 spiro atoms. The summed E-state index contributed by atoms with van der Waals surface area (Å²) < 4.78 is 11.8. The van der Waals surface area contributed by atoms with E-state index in [9.17, 15) is 9.90 Å². The highest BCUT2D eigenvalue weighted by Crippen LogP contribution is 2.68. The molecule has 4 nitrogen and oxygen atoms in total. The zero-order valence-electron chi connectivity index (χ0n) is 14.3. The van der Waals surface area contributed by atoms with Crippen molar-refractivity contribution in [3.8, 4) is 0 Å². The first-order chi connectivity index (χ1) is 10.2. The monoisotopic (exact) mass is 308 g/mol. The molecule has 0 aromatic heterocycles. The van der Waals surface area contributed by atoms with E-state index in [1.165, 1.54) is 0 Å². The van der Waals surface area contributed by atoms with Crippen LogP contribution in [-0.2, 0) is 14.3 Å². The minimum Gasteiger partial charge on any atom is -0.488 e. The lowest BCUT2D eigenvalue weighted by atomic mass is 9.69. The number of hydrogen-bond donors (Lipinski definition) is 1. The summed E-state index contributed by atoms with van der Waals surface area (Å²) in [5.74, 6) is 0.928. The van der Waals surface area contributed by atoms with Crippen LogP contribution >= 0.6 is 0 Å². The van der Waals surface area contributed by atoms with Gasteiger partial charge in [-0.15, -0.1) is 0 Å². The van der Waals surface area contributed by atoms with Gasteiger partial charge in [-0.3, -0.25) is 4.79 Å². The Balaban J connectivity index is 2.14. The molecule has 0 unspecified atom stereocenters. The van der Waals surface area contributed by atoms with Crippen LogP contribution < -0.4 is 0 Å². The highest BCUT2D eigenvalue weighted by Gasteiger charge is 2.75. The number of ketones is 1. The van der Waals surface area contributed by atoms with Crippen LogP contribution in [0.1, 0.15) is 60.3 Å². The van der Waals surface area contributed by atoms with Crippen molar-refractivity contribution in [1.82, 2.24) is 0 Å². The molecule has 0 saturated heterocycles. The van der Waals surface area contributed by atoms with E-state index in [1.54, 1.807) is 0 Å². The average molecular weight is 308 g/mol. The summed E-state index contributed by atoms with van der Waals surface area (Å²) in [6, 6.07) is 0. The van der Waals surface area contributed by atoms with Gasteiger partial charge < -0.3 is 14.6 Å². The summed E-state index contributed by atoms with van der Waals surface area (Å²) in [5, 5.41) is 11.6. The molecule has 22 heavy (non-hydrogen) atoms. The molecule has 4 atom stereocenters. The van der Waals surface area contributed by atoms with Gasteiger partial charge in [0.05, 0.1) is 17.6 Å². The smallest absolute Gasteiger partial charge is 0.210 e. The summed E-state index contributed by atoms with van der Waals surface area (Å²) in [6.45, 7) is 9.68. The zero-order valence-corrected chi connectivity index (χ0v) is 14.3. The van der Waals surface area contributed by atoms with Crippen molar-refractivity contribution in [2.45, 2.75) is 78.1 Å². The van der Waals surface area contributed by atoms with E-state index in [4.69, 9.17) is 9.47 Å². The Bertz CT molecular complexity index is 521. The first-order valence-electron chi connectivity index (χ1n) is 8.60. The maximum atomic E-state index is 13.2. The van der Waals surface area contributed by atoms with Crippen molar-refractivity contribution < 1.29 is 19.4 Å². The maximum absolute atomic E-state index is 13.2. The van der Waals surface area contributed by atoms with Crippen molar-refractivity contribution >= 4 is 5.78 Å². The Kier molecular flexibility index (Phi) is 3.59. The molecule has 0 radical (unpaired) electrons. The topological polar surface area (TPSA) is 55.8 Å². The van der Waals surface area contributed by atoms with Crippen molar-refractivity contribution in [3.63, 3.8) is 0 Å². The fourth-order valence-electron chi connectivity index (χ4n) is 5.03. The van der Waals surface area contributed by atoms with Crippen LogP contribution in [0.15, 0.2) is 11.5 Å². The maximum Gasteiger partial charge on any atom is 0.210 e. The molecule has 2 saturated carbocycles. The SMILES string of the molecule is CC(C)OC1=C(OC(C)C)[C@@]2(O)[C@@H](C)C[C@@H]3CCC[C@]32C1=O. The van der Waals surface area contributed by atoms with Gasteiger partial charge in [0.2, 0.25) is 11.5 Å². The lowest BCUT2D eigenvalue weighted by molar-refractivity contribution is -0.142. The number of allylic oxidation sites excluding steroid dienone is 1. The van der Waals surface area contributed by atoms with Gasteiger partial charge in [0.25, 0.3) is 0 Å². The van der Waals surface area contributed by atoms with E-state index in [2.05, 4.69) is 0 Å². The third-order valence-electron chi connectivity index (χ3n) is 5.72. The van der Waals surface area contributed by atoms with Crippen LogP contribution in [-0.4, -0.2) is 28.7 Å². The van der Waals surface area contributed by atoms with Crippen LogP contribution in [0.25, 0.3) is 0 Å². The number of rotatable bonds is 4. The summed E-state index contributed by atoms with van der Waals surface area (Å²) in [7, 11) is 0. The van der Waals surface area contributed by atoms with Crippen LogP contribution in [0.4, 0.5) is 0 Å². The molecular formula is C18H28O4. The molecule has 4 heteroatoms. The Morgan fingerprint density at radius 2 is 1.82 bits per heavy atom. The largest absolute Gasteiger partial charge is 0.488 e. The Labute approximate surface area is 132 Å². The minimum atomic E-state index is -1.19. The molecular weight excluding hydrogens is 280 g/mol. The second-order valence-electron chi connectivity index (χ2n) is 7.78. The molecule has 3 rings (SSSR count). The van der Waals surface area contributed by atoms with Crippen LogP contribution in [0.3, 0.4) is 0 Å². The lowest BCUT2D eigenvalue weighted by Crippen LogP contribution is -2.50. The third kappa shape index (κ3) is 1.76. The molecule has 0 aromatic rings. The summed E-state index contributed by atoms with van der Waals surface area (Å²) >= 11 is 0. The van der Waals surface area contributed by atoms with E-state index in [1.807, 2.05) is 34.6 Å². The normalized spacial score (nSPS) is 40.6. The quantitative estimate of drug-likeness (QED) is 0.866. The summed E-state index contributed by atoms with van der Waals surface area (Å²) in [4.78, 5) is 13.2. The van der Waals surface area contributed by atoms with Crippen LogP contribution in [0.5, 0.6) is 0 Å². The van der Waals surface area contributed by atoms with Crippen LogP contribution in [0.2, 0.25) is 0 Å². The standard InChI is InChI=1S/C18H28O4/c1-10(2)21-14-15(19)17-8-6-7-13(17)9-12(5)18(17,20)16(14)22-11(3)4/h10-13,20H,6-9H2,1-5H3/t12-,13-,17+,18-/m0/s1. The molecule has 0 heterocycles. The highest BCUT2D eigenvalue weighted by atomic mass is 16.5. The summed E-state index contributed by atoms with van der Waals surface area (Å²) in [6.07, 6.45) is 3.44. The number of ether oxygens (including phenoxy) is 2. The van der Waals surface area contributed by atoms with E-state index in [0.29, 0.717) is 5.76 Å². The zero-order chi connectivity index (χ0) is 16.3. The van der Waals surface area contributed by atoms with Crippen LogP contribution in [0, 0.1) is 17.3 Å². The fraction of sp³-hybridized carbons (Fsp3) is 0.833. The predicted octanol–water partition coefficient (Wildman–Crippen LogP) is 3.19. The van der Waals surface area contributed by atoms with E-state index >= 15 is 0 Å². The van der Waals surface area contributed by atoms with Gasteiger partial charge in [0.1, 0.15) is 5.60 Å². The van der Waals surface area contributed by atoms with E-state index in [0.717, 1.165) is 25.7 Å². The molecule has 124 valence electrons. The first-order valence-corrected chi connectivity index (χ1v) is 8.60. The fourth-order valence-corrected chi connectivity index (χ4v) is 5.03. The molecule has 1 N–H and O–H groups in total. The van der Waals surface area contributed by atoms with Gasteiger partial charge in [0, 0.05) is 0 Å². The van der Waals surface area contributed by atoms with Crippen molar-refractivity contribution in [3.05, 3.63) is 11.5 Å². The predicted molar refractivity (Wildman–Crippen MR) is 83.0 cm³/mol. The number of hydrogen-bond acceptors (Lipinski definition) is 4.